The van der Waals surface area contributed by atoms with Gasteiger partial charge < -0.3 is 15.4 Å². The highest BCUT2D eigenvalue weighted by Gasteiger charge is 2.02. The maximum Gasteiger partial charge on any atom is 0.158 e. The van der Waals surface area contributed by atoms with Crippen LogP contribution < -0.4 is 0 Å². The van der Waals surface area contributed by atoms with E-state index in [0.717, 1.165) is 0 Å². The highest BCUT2D eigenvalue weighted by molar-refractivity contribution is 5.98. The molecule has 0 aliphatic rings. The molecule has 12 heavy (non-hydrogen) atoms. The van der Waals surface area contributed by atoms with Gasteiger partial charge in [0, 0.05) is 5.56 Å². The summed E-state index contributed by atoms with van der Waals surface area (Å²) < 4.78 is 0. The summed E-state index contributed by atoms with van der Waals surface area (Å²) in [4.78, 5) is 0. The van der Waals surface area contributed by atoms with Crippen molar-refractivity contribution in [1.29, 1.82) is 0 Å². The number of oxime groups is 1. The monoisotopic (exact) mass is 167 g/mol. The molecule has 4 nitrogen and oxygen atoms in total. The fourth-order valence-corrected chi connectivity index (χ4v) is 0.806. The minimum absolute atomic E-state index is 0.190. The molecule has 0 aromatic heterocycles. The highest BCUT2D eigenvalue weighted by atomic mass is 16.4. The first-order chi connectivity index (χ1) is 5.65. The van der Waals surface area contributed by atoms with Gasteiger partial charge in [-0.25, -0.2) is 0 Å². The van der Waals surface area contributed by atoms with Gasteiger partial charge in [0.25, 0.3) is 0 Å². The lowest BCUT2D eigenvalue weighted by molar-refractivity contribution is 0.319. The van der Waals surface area contributed by atoms with Crippen molar-refractivity contribution >= 4 is 5.71 Å². The lowest BCUT2D eigenvalue weighted by Gasteiger charge is -2.00. The van der Waals surface area contributed by atoms with Gasteiger partial charge in [-0.3, -0.25) is 0 Å². The minimum Gasteiger partial charge on any atom is -0.504 e. The molecular formula is C8H9NO3. The first kappa shape index (κ1) is 8.39. The second kappa shape index (κ2) is 3.13. The van der Waals surface area contributed by atoms with Crippen LogP contribution in [0.15, 0.2) is 23.4 Å². The average molecular weight is 167 g/mol. The molecular weight excluding hydrogens is 158 g/mol. The summed E-state index contributed by atoms with van der Waals surface area (Å²) in [7, 11) is 0. The van der Waals surface area contributed by atoms with Crippen LogP contribution in [0.4, 0.5) is 0 Å². The van der Waals surface area contributed by atoms with E-state index in [1.54, 1.807) is 13.0 Å². The summed E-state index contributed by atoms with van der Waals surface area (Å²) in [6.07, 6.45) is 0. The predicted octanol–water partition coefficient (Wildman–Crippen LogP) is 1.30. The van der Waals surface area contributed by atoms with Crippen molar-refractivity contribution in [1.82, 2.24) is 0 Å². The van der Waals surface area contributed by atoms with Crippen LogP contribution in [0.1, 0.15) is 12.5 Å². The fourth-order valence-electron chi connectivity index (χ4n) is 0.806. The van der Waals surface area contributed by atoms with Gasteiger partial charge in [0.1, 0.15) is 0 Å². The average Bonchev–Trinajstić information content (AvgIpc) is 2.08. The summed E-state index contributed by atoms with van der Waals surface area (Å²) >= 11 is 0. The third-order valence-electron chi connectivity index (χ3n) is 1.54. The molecule has 0 spiro atoms. The molecule has 0 amide bonds. The zero-order valence-electron chi connectivity index (χ0n) is 6.52. The molecule has 0 unspecified atom stereocenters. The van der Waals surface area contributed by atoms with Gasteiger partial charge in [-0.15, -0.1) is 0 Å². The second-order valence-electron chi connectivity index (χ2n) is 2.39. The second-order valence-corrected chi connectivity index (χ2v) is 2.39. The molecule has 3 N–H and O–H groups in total. The van der Waals surface area contributed by atoms with Crippen LogP contribution in [-0.2, 0) is 0 Å². The topological polar surface area (TPSA) is 73.1 Å². The smallest absolute Gasteiger partial charge is 0.158 e. The number of hydrogen-bond acceptors (Lipinski definition) is 4. The van der Waals surface area contributed by atoms with Crippen molar-refractivity contribution in [3.63, 3.8) is 0 Å². The Bertz CT molecular complexity index is 320. The van der Waals surface area contributed by atoms with E-state index in [9.17, 15) is 0 Å². The number of rotatable bonds is 1. The number of phenolic OH excluding ortho intramolecular Hbond substituents is 2. The Morgan fingerprint density at radius 1 is 1.25 bits per heavy atom. The van der Waals surface area contributed by atoms with Gasteiger partial charge in [0.05, 0.1) is 5.71 Å². The van der Waals surface area contributed by atoms with E-state index in [4.69, 9.17) is 15.4 Å². The Kier molecular flexibility index (Phi) is 2.19. The van der Waals surface area contributed by atoms with Crippen LogP contribution in [0, 0.1) is 0 Å². The molecule has 0 atom stereocenters. The van der Waals surface area contributed by atoms with Gasteiger partial charge >= 0.3 is 0 Å². The first-order valence-electron chi connectivity index (χ1n) is 3.36. The Morgan fingerprint density at radius 2 is 1.92 bits per heavy atom. The lowest BCUT2D eigenvalue weighted by Crippen LogP contribution is -1.93. The van der Waals surface area contributed by atoms with E-state index < -0.39 is 0 Å². The van der Waals surface area contributed by atoms with Crippen LogP contribution in [0.3, 0.4) is 0 Å². The predicted molar refractivity (Wildman–Crippen MR) is 43.8 cm³/mol. The molecule has 0 bridgehead atoms. The molecule has 4 heteroatoms. The molecule has 0 aliphatic carbocycles. The van der Waals surface area contributed by atoms with Crippen molar-refractivity contribution in [3.05, 3.63) is 23.8 Å². The number of benzene rings is 1. The number of aromatic hydroxyl groups is 2. The van der Waals surface area contributed by atoms with Crippen LogP contribution in [0.2, 0.25) is 0 Å². The molecule has 1 aromatic rings. The van der Waals surface area contributed by atoms with Crippen LogP contribution >= 0.6 is 0 Å². The van der Waals surface area contributed by atoms with Gasteiger partial charge in [-0.1, -0.05) is 5.16 Å². The standard InChI is InChI=1S/C8H9NO3/c1-5(9-12)6-2-3-7(10)8(11)4-6/h2-4,10-12H,1H3. The van der Waals surface area contributed by atoms with Crippen LogP contribution in [0.5, 0.6) is 11.5 Å². The van der Waals surface area contributed by atoms with Crippen molar-refractivity contribution < 1.29 is 15.4 Å². The minimum atomic E-state index is -0.226. The normalized spacial score (nSPS) is 11.6. The largest absolute Gasteiger partial charge is 0.504 e. The molecule has 0 fully saturated rings. The Morgan fingerprint density at radius 3 is 2.42 bits per heavy atom. The van der Waals surface area contributed by atoms with Gasteiger partial charge in [0.15, 0.2) is 11.5 Å². The van der Waals surface area contributed by atoms with Crippen molar-refractivity contribution in [2.24, 2.45) is 5.16 Å². The number of nitrogens with zero attached hydrogens (tertiary/aromatic N) is 1. The SMILES string of the molecule is CC(=NO)c1ccc(O)c(O)c1. The van der Waals surface area contributed by atoms with Crippen molar-refractivity contribution in [2.75, 3.05) is 0 Å². The van der Waals surface area contributed by atoms with Crippen LogP contribution in [-0.4, -0.2) is 21.1 Å². The Balaban J connectivity index is 3.13. The maximum absolute atomic E-state index is 9.06. The highest BCUT2D eigenvalue weighted by Crippen LogP contribution is 2.24. The van der Waals surface area contributed by atoms with Crippen molar-refractivity contribution in [2.45, 2.75) is 6.92 Å². The summed E-state index contributed by atoms with van der Waals surface area (Å²) in [6.45, 7) is 1.59. The number of phenols is 2. The third kappa shape index (κ3) is 1.47. The third-order valence-corrected chi connectivity index (χ3v) is 1.54. The van der Waals surface area contributed by atoms with Gasteiger partial charge in [0.2, 0.25) is 0 Å². The maximum atomic E-state index is 9.06. The number of hydrogen-bond donors (Lipinski definition) is 3. The molecule has 0 aliphatic heterocycles. The Hall–Kier alpha value is -1.71. The molecule has 0 heterocycles. The quantitative estimate of drug-likeness (QED) is 0.255. The molecule has 1 rings (SSSR count). The van der Waals surface area contributed by atoms with E-state index in [1.807, 2.05) is 0 Å². The van der Waals surface area contributed by atoms with Gasteiger partial charge in [-0.05, 0) is 25.1 Å². The lowest BCUT2D eigenvalue weighted by atomic mass is 10.1. The molecule has 1 aromatic carbocycles. The Labute approximate surface area is 69.4 Å². The molecule has 0 radical (unpaired) electrons. The molecule has 64 valence electrons. The molecule has 0 saturated heterocycles. The summed E-state index contributed by atoms with van der Waals surface area (Å²) in [6, 6.07) is 4.20. The van der Waals surface area contributed by atoms with E-state index in [1.165, 1.54) is 12.1 Å². The van der Waals surface area contributed by atoms with E-state index >= 15 is 0 Å². The zero-order valence-corrected chi connectivity index (χ0v) is 6.52. The van der Waals surface area contributed by atoms with Crippen molar-refractivity contribution in [3.8, 4) is 11.5 Å². The van der Waals surface area contributed by atoms with E-state index in [0.29, 0.717) is 11.3 Å². The van der Waals surface area contributed by atoms with E-state index in [-0.39, 0.29) is 11.5 Å². The first-order valence-corrected chi connectivity index (χ1v) is 3.36. The molecule has 0 saturated carbocycles. The van der Waals surface area contributed by atoms with Crippen LogP contribution in [0.25, 0.3) is 0 Å². The zero-order chi connectivity index (χ0) is 9.14. The summed E-state index contributed by atoms with van der Waals surface area (Å²) in [5.41, 5.74) is 0.943. The van der Waals surface area contributed by atoms with E-state index in [2.05, 4.69) is 5.16 Å². The van der Waals surface area contributed by atoms with Gasteiger partial charge in [-0.2, -0.15) is 0 Å². The summed E-state index contributed by atoms with van der Waals surface area (Å²) in [5.74, 6) is -0.417. The fraction of sp³-hybridized carbons (Fsp3) is 0.125. The summed E-state index contributed by atoms with van der Waals surface area (Å²) in [5, 5.41) is 29.3.